The summed E-state index contributed by atoms with van der Waals surface area (Å²) >= 11 is 0. The van der Waals surface area contributed by atoms with E-state index in [1.54, 1.807) is 25.4 Å². The van der Waals surface area contributed by atoms with E-state index >= 15 is 0 Å². The summed E-state index contributed by atoms with van der Waals surface area (Å²) in [6.07, 6.45) is 4.10. The average Bonchev–Trinajstić information content (AvgIpc) is 2.74. The van der Waals surface area contributed by atoms with Crippen LogP contribution >= 0.6 is 0 Å². The van der Waals surface area contributed by atoms with Crippen molar-refractivity contribution in [2.45, 2.75) is 46.5 Å². The van der Waals surface area contributed by atoms with Crippen LogP contribution in [0, 0.1) is 6.92 Å². The van der Waals surface area contributed by atoms with Crippen molar-refractivity contribution in [1.29, 1.82) is 0 Å². The number of hydrogen-bond donors (Lipinski definition) is 1. The Kier molecular flexibility index (Phi) is 7.00. The third kappa shape index (κ3) is 5.14. The van der Waals surface area contributed by atoms with Gasteiger partial charge in [-0.1, -0.05) is 13.8 Å². The van der Waals surface area contributed by atoms with Gasteiger partial charge in [-0.3, -0.25) is 4.79 Å². The first-order valence-electron chi connectivity index (χ1n) is 10.0. The number of anilines is 2. The predicted octanol–water partition coefficient (Wildman–Crippen LogP) is 3.86. The van der Waals surface area contributed by atoms with Gasteiger partial charge in [0.1, 0.15) is 5.82 Å². The van der Waals surface area contributed by atoms with Crippen molar-refractivity contribution in [2.24, 2.45) is 0 Å². The quantitative estimate of drug-likeness (QED) is 0.534. The number of Topliss-reactive ketones (excluding diaryl/α,β-unsaturated/α-hetero) is 1. The number of carbonyl (C=O) groups is 1. The number of carbonyl (C=O) groups excluding carboxylic acids is 1. The van der Waals surface area contributed by atoms with Gasteiger partial charge in [-0.15, -0.1) is 5.10 Å². The first-order valence-corrected chi connectivity index (χ1v) is 10.0. The number of nitrogens with one attached hydrogen (secondary N) is 1. The van der Waals surface area contributed by atoms with Gasteiger partial charge in [-0.2, -0.15) is 5.10 Å². The van der Waals surface area contributed by atoms with Gasteiger partial charge in [-0.25, -0.2) is 15.0 Å². The molecule has 0 radical (unpaired) electrons. The molecule has 0 unspecified atom stereocenters. The fraction of sp³-hybridized carbons (Fsp3) is 0.364. The molecule has 0 aliphatic carbocycles. The van der Waals surface area contributed by atoms with E-state index in [0.717, 1.165) is 30.1 Å². The van der Waals surface area contributed by atoms with Crippen molar-refractivity contribution in [2.75, 3.05) is 12.4 Å². The van der Waals surface area contributed by atoms with Crippen LogP contribution in [0.4, 0.5) is 11.5 Å². The molecule has 30 heavy (non-hydrogen) atoms. The van der Waals surface area contributed by atoms with Crippen LogP contribution in [-0.2, 0) is 12.8 Å². The van der Waals surface area contributed by atoms with Gasteiger partial charge in [0.15, 0.2) is 23.0 Å². The summed E-state index contributed by atoms with van der Waals surface area (Å²) in [6.45, 7) is 5.89. The summed E-state index contributed by atoms with van der Waals surface area (Å²) < 4.78 is 5.37. The van der Waals surface area contributed by atoms with E-state index in [1.165, 1.54) is 0 Å². The number of ketones is 1. The molecule has 0 atom stereocenters. The van der Waals surface area contributed by atoms with Gasteiger partial charge in [0.2, 0.25) is 0 Å². The number of hydrogen-bond acceptors (Lipinski definition) is 8. The number of ether oxygens (including phenoxy) is 1. The van der Waals surface area contributed by atoms with E-state index in [1.807, 2.05) is 26.0 Å². The van der Waals surface area contributed by atoms with Gasteiger partial charge in [0, 0.05) is 24.7 Å². The second kappa shape index (κ2) is 9.87. The Hall–Kier alpha value is -3.42. The highest BCUT2D eigenvalue weighted by Crippen LogP contribution is 2.27. The molecule has 0 aromatic carbocycles. The van der Waals surface area contributed by atoms with E-state index < -0.39 is 0 Å². The minimum atomic E-state index is -0.0694. The Morgan fingerprint density at radius 2 is 1.90 bits per heavy atom. The monoisotopic (exact) mass is 406 g/mol. The Morgan fingerprint density at radius 1 is 1.10 bits per heavy atom. The number of rotatable bonds is 9. The highest BCUT2D eigenvalue weighted by molar-refractivity contribution is 5.99. The molecule has 0 fully saturated rings. The summed E-state index contributed by atoms with van der Waals surface area (Å²) in [5.41, 5.74) is 3.39. The van der Waals surface area contributed by atoms with E-state index in [9.17, 15) is 4.79 Å². The molecular weight excluding hydrogens is 380 g/mol. The van der Waals surface area contributed by atoms with Crippen molar-refractivity contribution in [3.05, 3.63) is 59.1 Å². The number of aromatic nitrogens is 5. The molecule has 0 saturated carbocycles. The molecule has 0 aliphatic heterocycles. The number of methoxy groups -OCH3 is 1. The molecular formula is C22H26N6O2. The lowest BCUT2D eigenvalue weighted by atomic mass is 10.1. The van der Waals surface area contributed by atoms with Gasteiger partial charge in [-0.05, 0) is 44.0 Å². The first-order chi connectivity index (χ1) is 14.5. The molecule has 0 bridgehead atoms. The van der Waals surface area contributed by atoms with Crippen molar-refractivity contribution in [1.82, 2.24) is 25.1 Å². The molecule has 156 valence electrons. The first kappa shape index (κ1) is 21.3. The van der Waals surface area contributed by atoms with Gasteiger partial charge >= 0.3 is 0 Å². The van der Waals surface area contributed by atoms with Gasteiger partial charge < -0.3 is 10.1 Å². The van der Waals surface area contributed by atoms with E-state index in [2.05, 4.69) is 37.4 Å². The number of nitrogens with zero attached hydrogens (tertiary/aromatic N) is 5. The normalized spacial score (nSPS) is 10.7. The minimum Gasteiger partial charge on any atom is -0.493 e. The van der Waals surface area contributed by atoms with Crippen LogP contribution < -0.4 is 10.1 Å². The van der Waals surface area contributed by atoms with E-state index in [0.29, 0.717) is 41.5 Å². The van der Waals surface area contributed by atoms with Crippen LogP contribution in [-0.4, -0.2) is 38.0 Å². The molecule has 1 N–H and O–H groups in total. The van der Waals surface area contributed by atoms with Crippen molar-refractivity contribution < 1.29 is 9.53 Å². The molecule has 8 nitrogen and oxygen atoms in total. The third-order valence-corrected chi connectivity index (χ3v) is 4.50. The molecule has 3 rings (SSSR count). The minimum absolute atomic E-state index is 0.0694. The Labute approximate surface area is 176 Å². The van der Waals surface area contributed by atoms with Crippen molar-refractivity contribution >= 4 is 17.3 Å². The molecule has 8 heteroatoms. The second-order valence-electron chi connectivity index (χ2n) is 6.88. The molecule has 3 aromatic rings. The van der Waals surface area contributed by atoms with Crippen molar-refractivity contribution in [3.63, 3.8) is 0 Å². The zero-order valence-electron chi connectivity index (χ0n) is 17.8. The molecule has 3 aromatic heterocycles. The lowest BCUT2D eigenvalue weighted by Crippen LogP contribution is -2.11. The predicted molar refractivity (Wildman–Crippen MR) is 114 cm³/mol. The summed E-state index contributed by atoms with van der Waals surface area (Å²) in [7, 11) is 1.57. The zero-order valence-corrected chi connectivity index (χ0v) is 17.8. The fourth-order valence-electron chi connectivity index (χ4n) is 3.10. The Morgan fingerprint density at radius 3 is 2.63 bits per heavy atom. The number of pyridine rings is 1. The molecule has 0 amide bonds. The Bertz CT molecular complexity index is 1040. The average molecular weight is 406 g/mol. The van der Waals surface area contributed by atoms with Crippen LogP contribution in [0.3, 0.4) is 0 Å². The molecule has 3 heterocycles. The zero-order chi connectivity index (χ0) is 21.5. The summed E-state index contributed by atoms with van der Waals surface area (Å²) in [6, 6.07) is 7.38. The standard InChI is InChI=1S/C22H26N6O2/c1-5-8-19(29)21-18(26-22-20(30-4)9-7-10-23-22)13-17(27-28-21)12-16-11-15(6-2)24-14(3)25-16/h7,9-11,13H,5-6,8,12H2,1-4H3,(H,23,26,27). The summed E-state index contributed by atoms with van der Waals surface area (Å²) in [5.74, 6) is 1.74. The fourth-order valence-corrected chi connectivity index (χ4v) is 3.10. The van der Waals surface area contributed by atoms with E-state index in [-0.39, 0.29) is 5.78 Å². The molecule has 0 saturated heterocycles. The maximum absolute atomic E-state index is 12.6. The SMILES string of the molecule is CCCC(=O)c1nnc(Cc2cc(CC)nc(C)n2)cc1Nc1ncccc1OC. The Balaban J connectivity index is 1.97. The van der Waals surface area contributed by atoms with Crippen LogP contribution in [0.1, 0.15) is 60.1 Å². The number of aryl methyl sites for hydroxylation is 2. The second-order valence-corrected chi connectivity index (χ2v) is 6.88. The largest absolute Gasteiger partial charge is 0.493 e. The lowest BCUT2D eigenvalue weighted by molar-refractivity contribution is 0.0977. The van der Waals surface area contributed by atoms with Gasteiger partial charge in [0.25, 0.3) is 0 Å². The van der Waals surface area contributed by atoms with Crippen LogP contribution in [0.5, 0.6) is 5.75 Å². The summed E-state index contributed by atoms with van der Waals surface area (Å²) in [4.78, 5) is 25.8. The van der Waals surface area contributed by atoms with Crippen molar-refractivity contribution in [3.8, 4) is 5.75 Å². The topological polar surface area (TPSA) is 103 Å². The van der Waals surface area contributed by atoms with E-state index in [4.69, 9.17) is 4.74 Å². The summed E-state index contributed by atoms with van der Waals surface area (Å²) in [5, 5.41) is 11.7. The molecule has 0 spiro atoms. The molecule has 0 aliphatic rings. The van der Waals surface area contributed by atoms with Crippen LogP contribution in [0.2, 0.25) is 0 Å². The lowest BCUT2D eigenvalue weighted by Gasteiger charge is -2.13. The maximum Gasteiger partial charge on any atom is 0.185 e. The highest BCUT2D eigenvalue weighted by atomic mass is 16.5. The third-order valence-electron chi connectivity index (χ3n) is 4.50. The maximum atomic E-state index is 12.6. The smallest absolute Gasteiger partial charge is 0.185 e. The van der Waals surface area contributed by atoms with Gasteiger partial charge in [0.05, 0.1) is 24.2 Å². The highest BCUT2D eigenvalue weighted by Gasteiger charge is 2.17. The van der Waals surface area contributed by atoms with Crippen LogP contribution in [0.25, 0.3) is 0 Å². The van der Waals surface area contributed by atoms with Crippen LogP contribution in [0.15, 0.2) is 30.5 Å².